The van der Waals surface area contributed by atoms with E-state index < -0.39 is 0 Å². The minimum Gasteiger partial charge on any atom is -0.459 e. The van der Waals surface area contributed by atoms with E-state index in [0.717, 1.165) is 61.8 Å². The molecule has 2 N–H and O–H groups in total. The Morgan fingerprint density at radius 1 is 1.17 bits per heavy atom. The highest BCUT2D eigenvalue weighted by Crippen LogP contribution is 2.19. The van der Waals surface area contributed by atoms with Crippen LogP contribution in [0, 0.1) is 0 Å². The number of unbranched alkanes of at least 4 members (excludes halogenated alkanes) is 1. The summed E-state index contributed by atoms with van der Waals surface area (Å²) in [5.41, 5.74) is 0.909. The molecule has 24 heavy (non-hydrogen) atoms. The van der Waals surface area contributed by atoms with Crippen LogP contribution in [0.2, 0.25) is 0 Å². The molecule has 0 atom stereocenters. The van der Waals surface area contributed by atoms with E-state index in [1.54, 1.807) is 0 Å². The van der Waals surface area contributed by atoms with Crippen molar-refractivity contribution in [2.75, 3.05) is 26.3 Å². The molecule has 0 aliphatic carbocycles. The van der Waals surface area contributed by atoms with Crippen LogP contribution in [0.1, 0.15) is 32.4 Å². The molecule has 0 unspecified atom stereocenters. The van der Waals surface area contributed by atoms with Crippen LogP contribution in [0.5, 0.6) is 0 Å². The Balaban J connectivity index is 0.00000288. The first-order valence-electron chi connectivity index (χ1n) is 8.41. The molecule has 1 heterocycles. The minimum absolute atomic E-state index is 0. The maximum Gasteiger partial charge on any atom is 0.191 e. The number of hydrogen-bond donors (Lipinski definition) is 2. The van der Waals surface area contributed by atoms with Crippen molar-refractivity contribution >= 4 is 40.9 Å². The molecule has 5 nitrogen and oxygen atoms in total. The lowest BCUT2D eigenvalue weighted by molar-refractivity contribution is 0.143. The Morgan fingerprint density at radius 3 is 2.75 bits per heavy atom. The van der Waals surface area contributed by atoms with E-state index in [0.29, 0.717) is 6.54 Å². The van der Waals surface area contributed by atoms with Crippen molar-refractivity contribution < 1.29 is 9.15 Å². The second-order valence-corrected chi connectivity index (χ2v) is 5.28. The number of furan rings is 1. The number of nitrogens with one attached hydrogen (secondary N) is 2. The summed E-state index contributed by atoms with van der Waals surface area (Å²) in [6.07, 6.45) is 2.12. The minimum atomic E-state index is 0. The van der Waals surface area contributed by atoms with E-state index in [2.05, 4.69) is 22.5 Å². The van der Waals surface area contributed by atoms with Crippen LogP contribution in [0.4, 0.5) is 0 Å². The van der Waals surface area contributed by atoms with E-state index in [1.165, 1.54) is 0 Å². The summed E-state index contributed by atoms with van der Waals surface area (Å²) in [5, 5.41) is 7.72. The van der Waals surface area contributed by atoms with Crippen LogP contribution in [0.3, 0.4) is 0 Å². The van der Waals surface area contributed by atoms with Crippen LogP contribution >= 0.6 is 24.0 Å². The van der Waals surface area contributed by atoms with E-state index >= 15 is 0 Å². The van der Waals surface area contributed by atoms with Gasteiger partial charge in [0.25, 0.3) is 0 Å². The highest BCUT2D eigenvalue weighted by molar-refractivity contribution is 14.0. The number of halogens is 1. The number of fused-ring (bicyclic) bond motifs is 1. The SMILES string of the molecule is CCNC(=NCc1cc2ccccc2o1)NCCCCOCC.I. The van der Waals surface area contributed by atoms with Gasteiger partial charge in [-0.1, -0.05) is 18.2 Å². The molecule has 134 valence electrons. The van der Waals surface area contributed by atoms with E-state index in [4.69, 9.17) is 9.15 Å². The van der Waals surface area contributed by atoms with Gasteiger partial charge in [0, 0.05) is 31.7 Å². The van der Waals surface area contributed by atoms with Gasteiger partial charge in [-0.2, -0.15) is 0 Å². The molecule has 0 aliphatic heterocycles. The third-order valence-electron chi connectivity index (χ3n) is 3.43. The zero-order valence-corrected chi connectivity index (χ0v) is 16.8. The third-order valence-corrected chi connectivity index (χ3v) is 3.43. The van der Waals surface area contributed by atoms with Crippen LogP contribution < -0.4 is 10.6 Å². The summed E-state index contributed by atoms with van der Waals surface area (Å²) in [7, 11) is 0. The average molecular weight is 445 g/mol. The quantitative estimate of drug-likeness (QED) is 0.266. The van der Waals surface area contributed by atoms with Crippen LogP contribution in [0.15, 0.2) is 39.7 Å². The lowest BCUT2D eigenvalue weighted by Gasteiger charge is -2.10. The van der Waals surface area contributed by atoms with Crippen LogP contribution in [0.25, 0.3) is 11.0 Å². The largest absolute Gasteiger partial charge is 0.459 e. The summed E-state index contributed by atoms with van der Waals surface area (Å²) >= 11 is 0. The molecule has 0 bridgehead atoms. The topological polar surface area (TPSA) is 58.8 Å². The standard InChI is InChI=1S/C18H27N3O2.HI/c1-3-19-18(20-11-7-8-12-22-4-2)21-14-16-13-15-9-5-6-10-17(15)23-16;/h5-6,9-10,13H,3-4,7-8,11-12,14H2,1-2H3,(H2,19,20,21);1H. The van der Waals surface area contributed by atoms with E-state index in [9.17, 15) is 0 Å². The average Bonchev–Trinajstić information content (AvgIpc) is 2.98. The highest BCUT2D eigenvalue weighted by Gasteiger charge is 2.03. The molecule has 6 heteroatoms. The van der Waals surface area contributed by atoms with Gasteiger partial charge < -0.3 is 19.8 Å². The van der Waals surface area contributed by atoms with Gasteiger partial charge in [0.1, 0.15) is 17.9 Å². The predicted molar refractivity (Wildman–Crippen MR) is 110 cm³/mol. The zero-order chi connectivity index (χ0) is 16.3. The number of nitrogens with zero attached hydrogens (tertiary/aromatic N) is 1. The Hall–Kier alpha value is -1.28. The number of hydrogen-bond acceptors (Lipinski definition) is 3. The normalized spacial score (nSPS) is 11.3. The first-order valence-corrected chi connectivity index (χ1v) is 8.41. The fourth-order valence-corrected chi connectivity index (χ4v) is 2.29. The van der Waals surface area contributed by atoms with Crippen LogP contribution in [-0.4, -0.2) is 32.3 Å². The van der Waals surface area contributed by atoms with Crippen molar-refractivity contribution in [1.82, 2.24) is 10.6 Å². The highest BCUT2D eigenvalue weighted by atomic mass is 127. The first-order chi connectivity index (χ1) is 11.3. The molecular formula is C18H28IN3O2. The lowest BCUT2D eigenvalue weighted by Crippen LogP contribution is -2.37. The number of benzene rings is 1. The Labute approximate surface area is 161 Å². The van der Waals surface area contributed by atoms with Crippen molar-refractivity contribution in [3.8, 4) is 0 Å². The van der Waals surface area contributed by atoms with Gasteiger partial charge in [-0.3, -0.25) is 0 Å². The molecule has 1 aromatic carbocycles. The van der Waals surface area contributed by atoms with Gasteiger partial charge in [-0.25, -0.2) is 4.99 Å². The molecule has 2 rings (SSSR count). The van der Waals surface area contributed by atoms with Crippen molar-refractivity contribution in [1.29, 1.82) is 0 Å². The number of aliphatic imine (C=N–C) groups is 1. The lowest BCUT2D eigenvalue weighted by atomic mass is 10.2. The Kier molecular flexibility index (Phi) is 10.5. The van der Waals surface area contributed by atoms with Crippen molar-refractivity contribution in [3.05, 3.63) is 36.1 Å². The van der Waals surface area contributed by atoms with Gasteiger partial charge in [0.2, 0.25) is 0 Å². The van der Waals surface area contributed by atoms with Gasteiger partial charge in [0.15, 0.2) is 5.96 Å². The molecule has 0 fully saturated rings. The van der Waals surface area contributed by atoms with Gasteiger partial charge >= 0.3 is 0 Å². The molecule has 0 saturated heterocycles. The summed E-state index contributed by atoms with van der Waals surface area (Å²) < 4.78 is 11.1. The Morgan fingerprint density at radius 2 is 2.00 bits per heavy atom. The fraction of sp³-hybridized carbons (Fsp3) is 0.500. The molecule has 0 saturated carbocycles. The second-order valence-electron chi connectivity index (χ2n) is 5.28. The van der Waals surface area contributed by atoms with Gasteiger partial charge in [-0.15, -0.1) is 24.0 Å². The maximum absolute atomic E-state index is 5.79. The van der Waals surface area contributed by atoms with Crippen molar-refractivity contribution in [3.63, 3.8) is 0 Å². The van der Waals surface area contributed by atoms with E-state index in [-0.39, 0.29) is 24.0 Å². The summed E-state index contributed by atoms with van der Waals surface area (Å²) in [6.45, 7) is 7.95. The molecule has 0 aliphatic rings. The van der Waals surface area contributed by atoms with Gasteiger partial charge in [-0.05, 0) is 38.8 Å². The third kappa shape index (κ3) is 7.09. The number of para-hydroxylation sites is 1. The molecule has 0 radical (unpaired) electrons. The molecule has 0 spiro atoms. The van der Waals surface area contributed by atoms with Crippen molar-refractivity contribution in [2.24, 2.45) is 4.99 Å². The first kappa shape index (κ1) is 20.8. The fourth-order valence-electron chi connectivity index (χ4n) is 2.29. The van der Waals surface area contributed by atoms with Crippen LogP contribution in [-0.2, 0) is 11.3 Å². The van der Waals surface area contributed by atoms with Crippen molar-refractivity contribution in [2.45, 2.75) is 33.2 Å². The maximum atomic E-state index is 5.79. The molecule has 0 amide bonds. The molecule has 1 aromatic heterocycles. The molecule has 2 aromatic rings. The van der Waals surface area contributed by atoms with Gasteiger partial charge in [0.05, 0.1) is 0 Å². The zero-order valence-electron chi connectivity index (χ0n) is 14.5. The Bertz CT molecular complexity index is 580. The smallest absolute Gasteiger partial charge is 0.191 e. The summed E-state index contributed by atoms with van der Waals surface area (Å²) in [4.78, 5) is 4.58. The summed E-state index contributed by atoms with van der Waals surface area (Å²) in [6, 6.07) is 10.1. The summed E-state index contributed by atoms with van der Waals surface area (Å²) in [5.74, 6) is 1.70. The number of guanidine groups is 1. The molecular weight excluding hydrogens is 417 g/mol. The number of rotatable bonds is 9. The predicted octanol–water partition coefficient (Wildman–Crippen LogP) is 3.92. The second kappa shape index (κ2) is 12.1. The van der Waals surface area contributed by atoms with E-state index in [1.807, 2.05) is 37.3 Å². The number of ether oxygens (including phenoxy) is 1. The monoisotopic (exact) mass is 445 g/mol.